The van der Waals surface area contributed by atoms with Gasteiger partial charge in [0.1, 0.15) is 6.10 Å². The van der Waals surface area contributed by atoms with Gasteiger partial charge >= 0.3 is 5.97 Å². The third kappa shape index (κ3) is 3.13. The van der Waals surface area contributed by atoms with E-state index in [0.717, 1.165) is 25.7 Å². The van der Waals surface area contributed by atoms with Crippen molar-refractivity contribution >= 4 is 23.3 Å². The normalized spacial score (nSPS) is 16.8. The first-order chi connectivity index (χ1) is 8.16. The van der Waals surface area contributed by atoms with Crippen LogP contribution in [0.2, 0.25) is 5.02 Å². The molecule has 3 nitrogen and oxygen atoms in total. The quantitative estimate of drug-likeness (QED) is 0.649. The van der Waals surface area contributed by atoms with Crippen LogP contribution in [0.1, 0.15) is 42.5 Å². The zero-order valence-corrected chi connectivity index (χ0v) is 10.4. The average molecular weight is 254 g/mol. The van der Waals surface area contributed by atoms with Gasteiger partial charge in [-0.1, -0.05) is 18.0 Å². The number of carbonyl (C=O) groups is 1. The number of anilines is 1. The summed E-state index contributed by atoms with van der Waals surface area (Å²) in [5.74, 6) is -0.366. The average Bonchev–Trinajstić information content (AvgIpc) is 2.33. The Morgan fingerprint density at radius 2 is 2.00 bits per heavy atom. The first-order valence-electron chi connectivity index (χ1n) is 5.93. The number of nitrogens with two attached hydrogens (primary N) is 1. The second-order valence-corrected chi connectivity index (χ2v) is 4.81. The van der Waals surface area contributed by atoms with Crippen LogP contribution in [0.25, 0.3) is 0 Å². The van der Waals surface area contributed by atoms with Crippen molar-refractivity contribution in [3.05, 3.63) is 28.8 Å². The molecule has 0 unspecified atom stereocenters. The maximum Gasteiger partial charge on any atom is 0.340 e. The lowest BCUT2D eigenvalue weighted by molar-refractivity contribution is 0.0211. The Morgan fingerprint density at radius 3 is 2.71 bits per heavy atom. The largest absolute Gasteiger partial charge is 0.459 e. The van der Waals surface area contributed by atoms with E-state index in [0.29, 0.717) is 16.3 Å². The lowest BCUT2D eigenvalue weighted by Gasteiger charge is -2.22. The Bertz CT molecular complexity index is 414. The van der Waals surface area contributed by atoms with Crippen LogP contribution in [0.3, 0.4) is 0 Å². The van der Waals surface area contributed by atoms with Crippen molar-refractivity contribution in [2.45, 2.75) is 38.2 Å². The summed E-state index contributed by atoms with van der Waals surface area (Å²) in [6, 6.07) is 4.85. The van der Waals surface area contributed by atoms with Crippen molar-refractivity contribution in [3.63, 3.8) is 0 Å². The molecule has 1 aliphatic carbocycles. The van der Waals surface area contributed by atoms with Crippen molar-refractivity contribution in [3.8, 4) is 0 Å². The van der Waals surface area contributed by atoms with Gasteiger partial charge in [0.25, 0.3) is 0 Å². The number of carbonyl (C=O) groups excluding carboxylic acids is 1. The fourth-order valence-electron chi connectivity index (χ4n) is 2.10. The highest BCUT2D eigenvalue weighted by molar-refractivity contribution is 6.33. The molecule has 0 amide bonds. The number of nitrogen functional groups attached to an aromatic ring is 1. The maximum atomic E-state index is 11.9. The molecule has 1 fully saturated rings. The monoisotopic (exact) mass is 253 g/mol. The molecule has 1 saturated carbocycles. The minimum Gasteiger partial charge on any atom is -0.459 e. The highest BCUT2D eigenvalue weighted by Crippen LogP contribution is 2.24. The third-order valence-electron chi connectivity index (χ3n) is 3.04. The van der Waals surface area contributed by atoms with Crippen molar-refractivity contribution in [1.29, 1.82) is 0 Å². The summed E-state index contributed by atoms with van der Waals surface area (Å²) in [6.07, 6.45) is 5.42. The van der Waals surface area contributed by atoms with Gasteiger partial charge in [0.05, 0.1) is 10.6 Å². The number of esters is 1. The SMILES string of the molecule is Nc1ccc(Cl)c(C(=O)OC2CCCCC2)c1. The smallest absolute Gasteiger partial charge is 0.340 e. The van der Waals surface area contributed by atoms with E-state index in [4.69, 9.17) is 22.1 Å². The number of hydrogen-bond acceptors (Lipinski definition) is 3. The van der Waals surface area contributed by atoms with E-state index < -0.39 is 0 Å². The summed E-state index contributed by atoms with van der Waals surface area (Å²) in [4.78, 5) is 11.9. The van der Waals surface area contributed by atoms with Crippen molar-refractivity contribution < 1.29 is 9.53 Å². The molecular formula is C13H16ClNO2. The first-order valence-corrected chi connectivity index (χ1v) is 6.30. The molecule has 0 heterocycles. The minimum atomic E-state index is -0.366. The number of hydrogen-bond donors (Lipinski definition) is 1. The van der Waals surface area contributed by atoms with Gasteiger partial charge < -0.3 is 10.5 Å². The second-order valence-electron chi connectivity index (χ2n) is 4.40. The highest BCUT2D eigenvalue weighted by Gasteiger charge is 2.20. The van der Waals surface area contributed by atoms with Crippen LogP contribution in [-0.4, -0.2) is 12.1 Å². The van der Waals surface area contributed by atoms with Gasteiger partial charge in [-0.05, 0) is 43.9 Å². The predicted octanol–water partition coefficient (Wildman–Crippen LogP) is 3.41. The van der Waals surface area contributed by atoms with Crippen LogP contribution in [0.5, 0.6) is 0 Å². The molecule has 0 aromatic heterocycles. The molecular weight excluding hydrogens is 238 g/mol. The lowest BCUT2D eigenvalue weighted by atomic mass is 9.98. The Labute approximate surface area is 106 Å². The summed E-state index contributed by atoms with van der Waals surface area (Å²) < 4.78 is 5.43. The van der Waals surface area contributed by atoms with Crippen LogP contribution < -0.4 is 5.73 Å². The lowest BCUT2D eigenvalue weighted by Crippen LogP contribution is -2.21. The van der Waals surface area contributed by atoms with Crippen LogP contribution >= 0.6 is 11.6 Å². The molecule has 0 aliphatic heterocycles. The van der Waals surface area contributed by atoms with E-state index in [-0.39, 0.29) is 12.1 Å². The topological polar surface area (TPSA) is 52.3 Å². The molecule has 0 bridgehead atoms. The number of rotatable bonds is 2. The van der Waals surface area contributed by atoms with E-state index in [1.165, 1.54) is 6.42 Å². The Morgan fingerprint density at radius 1 is 1.29 bits per heavy atom. The number of halogens is 1. The molecule has 0 radical (unpaired) electrons. The maximum absolute atomic E-state index is 11.9. The molecule has 0 saturated heterocycles. The standard InChI is InChI=1S/C13H16ClNO2/c14-12-7-6-9(15)8-11(12)13(16)17-10-4-2-1-3-5-10/h6-8,10H,1-5,15H2. The van der Waals surface area contributed by atoms with Gasteiger partial charge in [-0.25, -0.2) is 4.79 Å². The predicted molar refractivity (Wildman–Crippen MR) is 68.2 cm³/mol. The number of benzene rings is 1. The fourth-order valence-corrected chi connectivity index (χ4v) is 2.29. The van der Waals surface area contributed by atoms with Crippen LogP contribution in [-0.2, 0) is 4.74 Å². The summed E-state index contributed by atoms with van der Waals surface area (Å²) in [5, 5.41) is 0.389. The Hall–Kier alpha value is -1.22. The molecule has 2 N–H and O–H groups in total. The summed E-state index contributed by atoms with van der Waals surface area (Å²) in [7, 11) is 0. The van der Waals surface area contributed by atoms with E-state index in [9.17, 15) is 4.79 Å². The molecule has 1 aromatic carbocycles. The zero-order valence-electron chi connectivity index (χ0n) is 9.62. The molecule has 1 aliphatic rings. The first kappa shape index (κ1) is 12.2. The molecule has 0 atom stereocenters. The van der Waals surface area contributed by atoms with Gasteiger partial charge in [0, 0.05) is 5.69 Å². The zero-order chi connectivity index (χ0) is 12.3. The van der Waals surface area contributed by atoms with Crippen molar-refractivity contribution in [2.24, 2.45) is 0 Å². The molecule has 0 spiro atoms. The summed E-state index contributed by atoms with van der Waals surface area (Å²) in [5.41, 5.74) is 6.51. The van der Waals surface area contributed by atoms with E-state index >= 15 is 0 Å². The van der Waals surface area contributed by atoms with Gasteiger partial charge in [0.2, 0.25) is 0 Å². The van der Waals surface area contributed by atoms with Gasteiger partial charge in [-0.15, -0.1) is 0 Å². The van der Waals surface area contributed by atoms with E-state index in [2.05, 4.69) is 0 Å². The van der Waals surface area contributed by atoms with E-state index in [1.807, 2.05) is 0 Å². The van der Waals surface area contributed by atoms with Gasteiger partial charge in [0.15, 0.2) is 0 Å². The van der Waals surface area contributed by atoms with Crippen LogP contribution in [0.15, 0.2) is 18.2 Å². The molecule has 1 aromatic rings. The van der Waals surface area contributed by atoms with Crippen LogP contribution in [0, 0.1) is 0 Å². The van der Waals surface area contributed by atoms with E-state index in [1.54, 1.807) is 18.2 Å². The Balaban J connectivity index is 2.05. The van der Waals surface area contributed by atoms with Crippen molar-refractivity contribution in [2.75, 3.05) is 5.73 Å². The fraction of sp³-hybridized carbons (Fsp3) is 0.462. The van der Waals surface area contributed by atoms with Gasteiger partial charge in [-0.3, -0.25) is 0 Å². The second kappa shape index (κ2) is 5.41. The van der Waals surface area contributed by atoms with Crippen LogP contribution in [0.4, 0.5) is 5.69 Å². The highest BCUT2D eigenvalue weighted by atomic mass is 35.5. The van der Waals surface area contributed by atoms with Crippen molar-refractivity contribution in [1.82, 2.24) is 0 Å². The summed E-state index contributed by atoms with van der Waals surface area (Å²) in [6.45, 7) is 0. The molecule has 92 valence electrons. The van der Waals surface area contributed by atoms with Gasteiger partial charge in [-0.2, -0.15) is 0 Å². The molecule has 4 heteroatoms. The molecule has 17 heavy (non-hydrogen) atoms. The molecule has 2 rings (SSSR count). The summed E-state index contributed by atoms with van der Waals surface area (Å²) >= 11 is 5.95. The minimum absolute atomic E-state index is 0.0359. The number of ether oxygens (including phenoxy) is 1. The third-order valence-corrected chi connectivity index (χ3v) is 3.37. The Kier molecular flexibility index (Phi) is 3.89.